The molecule has 3 N–H and O–H groups in total. The molecule has 0 aliphatic heterocycles. The van der Waals surface area contributed by atoms with Crippen LogP contribution in [0.25, 0.3) is 0 Å². The molecule has 0 atom stereocenters. The van der Waals surface area contributed by atoms with Crippen molar-refractivity contribution in [3.8, 4) is 5.75 Å². The Bertz CT molecular complexity index is 639. The smallest absolute Gasteiger partial charge is 0.335 e. The van der Waals surface area contributed by atoms with E-state index in [1.807, 2.05) is 24.3 Å². The van der Waals surface area contributed by atoms with Crippen LogP contribution in [0.15, 0.2) is 48.5 Å². The van der Waals surface area contributed by atoms with Gasteiger partial charge in [0.15, 0.2) is 5.11 Å². The molecule has 2 rings (SSSR count). The molecule has 6 heteroatoms. The fourth-order valence-corrected chi connectivity index (χ4v) is 1.90. The van der Waals surface area contributed by atoms with E-state index < -0.39 is 5.97 Å². The first-order valence-corrected chi connectivity index (χ1v) is 6.55. The number of hydrogen-bond donors (Lipinski definition) is 3. The Labute approximate surface area is 127 Å². The van der Waals surface area contributed by atoms with Crippen molar-refractivity contribution in [3.05, 3.63) is 54.1 Å². The van der Waals surface area contributed by atoms with Crippen LogP contribution < -0.4 is 15.4 Å². The van der Waals surface area contributed by atoms with Crippen LogP contribution in [0.4, 0.5) is 11.4 Å². The number of rotatable bonds is 4. The Morgan fingerprint density at radius 3 is 1.90 bits per heavy atom. The normalized spacial score (nSPS) is 9.76. The molecule has 0 unspecified atom stereocenters. The molecule has 0 amide bonds. The van der Waals surface area contributed by atoms with E-state index in [1.54, 1.807) is 19.2 Å². The van der Waals surface area contributed by atoms with Gasteiger partial charge in [-0.3, -0.25) is 0 Å². The van der Waals surface area contributed by atoms with Crippen molar-refractivity contribution >= 4 is 34.7 Å². The summed E-state index contributed by atoms with van der Waals surface area (Å²) in [7, 11) is 1.61. The van der Waals surface area contributed by atoms with Gasteiger partial charge in [-0.2, -0.15) is 0 Å². The van der Waals surface area contributed by atoms with Crippen molar-refractivity contribution in [2.75, 3.05) is 17.7 Å². The Morgan fingerprint density at radius 2 is 1.48 bits per heavy atom. The first-order chi connectivity index (χ1) is 10.1. The molecule has 2 aromatic rings. The number of hydrogen-bond acceptors (Lipinski definition) is 3. The van der Waals surface area contributed by atoms with Crippen molar-refractivity contribution in [3.63, 3.8) is 0 Å². The van der Waals surface area contributed by atoms with Crippen LogP contribution in [0, 0.1) is 0 Å². The van der Waals surface area contributed by atoms with Gasteiger partial charge in [-0.15, -0.1) is 0 Å². The maximum atomic E-state index is 10.8. The predicted molar refractivity (Wildman–Crippen MR) is 86.2 cm³/mol. The summed E-state index contributed by atoms with van der Waals surface area (Å²) in [6.07, 6.45) is 0. The number of thiocarbonyl (C=S) groups is 1. The van der Waals surface area contributed by atoms with Crippen molar-refractivity contribution < 1.29 is 14.6 Å². The van der Waals surface area contributed by atoms with Crippen molar-refractivity contribution in [2.24, 2.45) is 0 Å². The van der Waals surface area contributed by atoms with Gasteiger partial charge in [-0.1, -0.05) is 0 Å². The Hall–Kier alpha value is -2.60. The lowest BCUT2D eigenvalue weighted by atomic mass is 10.2. The number of ether oxygens (including phenoxy) is 1. The third-order valence-corrected chi connectivity index (χ3v) is 2.94. The number of benzene rings is 2. The van der Waals surface area contributed by atoms with Crippen LogP contribution in [0.3, 0.4) is 0 Å². The third-order valence-electron chi connectivity index (χ3n) is 2.74. The molecule has 21 heavy (non-hydrogen) atoms. The van der Waals surface area contributed by atoms with Crippen LogP contribution in [0.2, 0.25) is 0 Å². The lowest BCUT2D eigenvalue weighted by molar-refractivity contribution is 0.0697. The summed E-state index contributed by atoms with van der Waals surface area (Å²) in [5, 5.41) is 15.3. The number of anilines is 2. The highest BCUT2D eigenvalue weighted by Gasteiger charge is 2.03. The molecule has 0 aliphatic carbocycles. The van der Waals surface area contributed by atoms with Gasteiger partial charge in [0, 0.05) is 11.4 Å². The lowest BCUT2D eigenvalue weighted by Crippen LogP contribution is -2.19. The van der Waals surface area contributed by atoms with Gasteiger partial charge in [0.05, 0.1) is 12.7 Å². The Kier molecular flexibility index (Phi) is 4.73. The second-order valence-electron chi connectivity index (χ2n) is 4.19. The van der Waals surface area contributed by atoms with Crippen LogP contribution >= 0.6 is 12.2 Å². The van der Waals surface area contributed by atoms with Gasteiger partial charge in [-0.05, 0) is 60.7 Å². The highest BCUT2D eigenvalue weighted by molar-refractivity contribution is 7.80. The number of carboxylic acids is 1. The van der Waals surface area contributed by atoms with E-state index in [0.29, 0.717) is 10.8 Å². The van der Waals surface area contributed by atoms with Crippen LogP contribution in [0.5, 0.6) is 5.75 Å². The monoisotopic (exact) mass is 302 g/mol. The molecule has 0 fully saturated rings. The summed E-state index contributed by atoms with van der Waals surface area (Å²) in [6, 6.07) is 13.7. The highest BCUT2D eigenvalue weighted by atomic mass is 32.1. The fraction of sp³-hybridized carbons (Fsp3) is 0.0667. The Balaban J connectivity index is 1.95. The standard InChI is InChI=1S/C15H14N2O3S/c1-20-13-8-6-12(7-9-13)17-15(21)16-11-4-2-10(3-5-11)14(18)19/h2-9H,1H3,(H,18,19)(H2,16,17,21). The average Bonchev–Trinajstić information content (AvgIpc) is 2.48. The predicted octanol–water partition coefficient (Wildman–Crippen LogP) is 3.20. The zero-order valence-electron chi connectivity index (χ0n) is 11.3. The van der Waals surface area contributed by atoms with Crippen molar-refractivity contribution in [1.29, 1.82) is 0 Å². The van der Waals surface area contributed by atoms with Crippen molar-refractivity contribution in [2.45, 2.75) is 0 Å². The minimum absolute atomic E-state index is 0.231. The molecule has 108 valence electrons. The topological polar surface area (TPSA) is 70.6 Å². The molecule has 5 nitrogen and oxygen atoms in total. The first kappa shape index (κ1) is 14.8. The fourth-order valence-electron chi connectivity index (χ4n) is 1.66. The zero-order valence-corrected chi connectivity index (χ0v) is 12.1. The average molecular weight is 302 g/mol. The molecular formula is C15H14N2O3S. The number of carboxylic acid groups (broad SMARTS) is 1. The maximum absolute atomic E-state index is 10.8. The molecular weight excluding hydrogens is 288 g/mol. The molecule has 0 saturated carbocycles. The second-order valence-corrected chi connectivity index (χ2v) is 4.60. The number of aromatic carboxylic acids is 1. The van der Waals surface area contributed by atoms with Crippen molar-refractivity contribution in [1.82, 2.24) is 0 Å². The van der Waals surface area contributed by atoms with E-state index >= 15 is 0 Å². The van der Waals surface area contributed by atoms with Crippen LogP contribution in [-0.4, -0.2) is 23.3 Å². The summed E-state index contributed by atoms with van der Waals surface area (Å²) in [5.41, 5.74) is 1.77. The molecule has 0 aliphatic rings. The van der Waals surface area contributed by atoms with E-state index in [-0.39, 0.29) is 5.56 Å². The summed E-state index contributed by atoms with van der Waals surface area (Å²) in [4.78, 5) is 10.8. The van der Waals surface area contributed by atoms with Gasteiger partial charge in [-0.25, -0.2) is 4.79 Å². The molecule has 0 aromatic heterocycles. The van der Waals surface area contributed by atoms with Crippen LogP contribution in [-0.2, 0) is 0 Å². The van der Waals surface area contributed by atoms with Crippen LogP contribution in [0.1, 0.15) is 10.4 Å². The summed E-state index contributed by atoms with van der Waals surface area (Å²) in [6.45, 7) is 0. The van der Waals surface area contributed by atoms with Gasteiger partial charge < -0.3 is 20.5 Å². The maximum Gasteiger partial charge on any atom is 0.335 e. The van der Waals surface area contributed by atoms with Gasteiger partial charge in [0.1, 0.15) is 5.75 Å². The van der Waals surface area contributed by atoms with E-state index in [0.717, 1.165) is 11.4 Å². The summed E-state index contributed by atoms with van der Waals surface area (Å²) < 4.78 is 5.08. The SMILES string of the molecule is COc1ccc(NC(=S)Nc2ccc(C(=O)O)cc2)cc1. The Morgan fingerprint density at radius 1 is 1.00 bits per heavy atom. The molecule has 0 spiro atoms. The third kappa shape index (κ3) is 4.19. The highest BCUT2D eigenvalue weighted by Crippen LogP contribution is 2.16. The van der Waals surface area contributed by atoms with E-state index in [9.17, 15) is 4.79 Å². The van der Waals surface area contributed by atoms with Gasteiger partial charge in [0.2, 0.25) is 0 Å². The lowest BCUT2D eigenvalue weighted by Gasteiger charge is -2.11. The van der Waals surface area contributed by atoms with E-state index in [1.165, 1.54) is 12.1 Å². The number of nitrogens with one attached hydrogen (secondary N) is 2. The second kappa shape index (κ2) is 6.71. The minimum atomic E-state index is -0.958. The first-order valence-electron chi connectivity index (χ1n) is 6.14. The molecule has 0 saturated heterocycles. The largest absolute Gasteiger partial charge is 0.497 e. The number of methoxy groups -OCH3 is 1. The quantitative estimate of drug-likeness (QED) is 0.753. The molecule has 0 bridgehead atoms. The molecule has 2 aromatic carbocycles. The summed E-state index contributed by atoms with van der Waals surface area (Å²) in [5.74, 6) is -0.191. The number of carbonyl (C=O) groups is 1. The zero-order chi connectivity index (χ0) is 15.2. The molecule has 0 radical (unpaired) electrons. The van der Waals surface area contributed by atoms with E-state index in [4.69, 9.17) is 22.1 Å². The van der Waals surface area contributed by atoms with Gasteiger partial charge in [0.25, 0.3) is 0 Å². The van der Waals surface area contributed by atoms with E-state index in [2.05, 4.69) is 10.6 Å². The minimum Gasteiger partial charge on any atom is -0.497 e. The summed E-state index contributed by atoms with van der Waals surface area (Å²) >= 11 is 5.19. The molecule has 0 heterocycles. The van der Waals surface area contributed by atoms with Gasteiger partial charge >= 0.3 is 5.97 Å².